The Morgan fingerprint density at radius 1 is 1.09 bits per heavy atom. The minimum absolute atomic E-state index is 0.00646. The van der Waals surface area contributed by atoms with Gasteiger partial charge in [-0.2, -0.15) is 5.10 Å². The summed E-state index contributed by atoms with van der Waals surface area (Å²) in [6.45, 7) is 3.57. The molecule has 0 spiro atoms. The Balaban J connectivity index is 1.43. The molecule has 5 aromatic rings. The zero-order chi connectivity index (χ0) is 24.7. The number of aryl methyl sites for hydroxylation is 1. The number of nitro groups is 1. The minimum Gasteiger partial charge on any atom is -0.495 e. The van der Waals surface area contributed by atoms with Crippen molar-refractivity contribution in [2.75, 3.05) is 12.4 Å². The Labute approximate surface area is 200 Å². The number of amides is 1. The number of hydrogen-bond acceptors (Lipinski definition) is 6. The molecular formula is C26H22N4O5. The standard InChI is InChI=1S/C26H22N4O5/c1-15-25(30(32)33)16(2)29(28-15)14-17-7-6-8-18(11-17)26(31)27-21-13-23-20(12-24(21)34-3)19-9-4-5-10-22(19)35-23/h4-13H,14H2,1-3H3,(H,27,31). The fraction of sp³-hybridized carbons (Fsp3) is 0.154. The summed E-state index contributed by atoms with van der Waals surface area (Å²) < 4.78 is 13.0. The third-order valence-electron chi connectivity index (χ3n) is 5.99. The second-order valence-corrected chi connectivity index (χ2v) is 8.24. The number of methoxy groups -OCH3 is 1. The fourth-order valence-corrected chi connectivity index (χ4v) is 4.30. The maximum atomic E-state index is 13.1. The third-order valence-corrected chi connectivity index (χ3v) is 5.99. The van der Waals surface area contributed by atoms with E-state index in [0.717, 1.165) is 21.9 Å². The van der Waals surface area contributed by atoms with E-state index < -0.39 is 4.92 Å². The number of furan rings is 1. The van der Waals surface area contributed by atoms with E-state index in [1.807, 2.05) is 36.4 Å². The molecule has 0 saturated carbocycles. The number of hydrogen-bond donors (Lipinski definition) is 1. The number of para-hydroxylation sites is 1. The first-order chi connectivity index (χ1) is 16.9. The second-order valence-electron chi connectivity index (χ2n) is 8.24. The van der Waals surface area contributed by atoms with Gasteiger partial charge in [0.15, 0.2) is 0 Å². The zero-order valence-electron chi connectivity index (χ0n) is 19.4. The molecule has 9 nitrogen and oxygen atoms in total. The van der Waals surface area contributed by atoms with E-state index in [9.17, 15) is 14.9 Å². The highest BCUT2D eigenvalue weighted by Gasteiger charge is 2.22. The van der Waals surface area contributed by atoms with Gasteiger partial charge in [-0.05, 0) is 43.7 Å². The molecule has 35 heavy (non-hydrogen) atoms. The minimum atomic E-state index is -0.426. The summed E-state index contributed by atoms with van der Waals surface area (Å²) in [5.41, 5.74) is 3.94. The van der Waals surface area contributed by atoms with Crippen LogP contribution in [-0.4, -0.2) is 27.7 Å². The van der Waals surface area contributed by atoms with E-state index >= 15 is 0 Å². The Hall–Kier alpha value is -4.66. The molecule has 176 valence electrons. The van der Waals surface area contributed by atoms with Crippen molar-refractivity contribution in [3.8, 4) is 5.75 Å². The summed E-state index contributed by atoms with van der Waals surface area (Å²) in [5, 5.41) is 20.4. The Kier molecular flexibility index (Phi) is 5.44. The molecule has 0 bridgehead atoms. The van der Waals surface area contributed by atoms with Crippen LogP contribution in [-0.2, 0) is 6.54 Å². The fourth-order valence-electron chi connectivity index (χ4n) is 4.30. The lowest BCUT2D eigenvalue weighted by Gasteiger charge is -2.11. The highest BCUT2D eigenvalue weighted by atomic mass is 16.6. The van der Waals surface area contributed by atoms with Gasteiger partial charge < -0.3 is 14.5 Å². The molecule has 0 radical (unpaired) electrons. The molecule has 0 unspecified atom stereocenters. The van der Waals surface area contributed by atoms with Gasteiger partial charge in [0.2, 0.25) is 0 Å². The summed E-state index contributed by atoms with van der Waals surface area (Å²) in [6.07, 6.45) is 0. The summed E-state index contributed by atoms with van der Waals surface area (Å²) in [6, 6.07) is 18.4. The summed E-state index contributed by atoms with van der Waals surface area (Å²) >= 11 is 0. The number of nitrogens with zero attached hydrogens (tertiary/aromatic N) is 3. The van der Waals surface area contributed by atoms with E-state index in [2.05, 4.69) is 10.4 Å². The molecule has 0 saturated heterocycles. The molecule has 0 fully saturated rings. The Morgan fingerprint density at radius 3 is 2.63 bits per heavy atom. The van der Waals surface area contributed by atoms with Gasteiger partial charge >= 0.3 is 5.69 Å². The van der Waals surface area contributed by atoms with E-state index in [1.54, 1.807) is 49.9 Å². The van der Waals surface area contributed by atoms with E-state index in [0.29, 0.717) is 40.5 Å². The number of benzene rings is 3. The summed E-state index contributed by atoms with van der Waals surface area (Å²) in [4.78, 5) is 24.0. The highest BCUT2D eigenvalue weighted by molar-refractivity contribution is 6.10. The molecule has 2 aromatic heterocycles. The van der Waals surface area contributed by atoms with Crippen LogP contribution >= 0.6 is 0 Å². The molecule has 0 atom stereocenters. The number of carbonyl (C=O) groups is 1. The predicted molar refractivity (Wildman–Crippen MR) is 132 cm³/mol. The van der Waals surface area contributed by atoms with Crippen molar-refractivity contribution in [3.05, 3.63) is 93.3 Å². The number of nitrogens with one attached hydrogen (secondary N) is 1. The average molecular weight is 470 g/mol. The van der Waals surface area contributed by atoms with Crippen molar-refractivity contribution in [1.82, 2.24) is 9.78 Å². The van der Waals surface area contributed by atoms with Crippen LogP contribution in [0.25, 0.3) is 21.9 Å². The molecule has 3 aromatic carbocycles. The first-order valence-electron chi connectivity index (χ1n) is 10.9. The van der Waals surface area contributed by atoms with Gasteiger partial charge in [-0.1, -0.05) is 30.3 Å². The van der Waals surface area contributed by atoms with Crippen LogP contribution in [0.1, 0.15) is 27.3 Å². The number of rotatable bonds is 6. The van der Waals surface area contributed by atoms with Crippen LogP contribution in [0, 0.1) is 24.0 Å². The largest absolute Gasteiger partial charge is 0.495 e. The van der Waals surface area contributed by atoms with E-state index in [1.165, 1.54) is 0 Å². The van der Waals surface area contributed by atoms with Crippen molar-refractivity contribution in [1.29, 1.82) is 0 Å². The Bertz CT molecular complexity index is 1620. The van der Waals surface area contributed by atoms with Gasteiger partial charge in [0.1, 0.15) is 28.3 Å². The van der Waals surface area contributed by atoms with Crippen molar-refractivity contribution in [2.24, 2.45) is 0 Å². The average Bonchev–Trinajstić information content (AvgIpc) is 3.34. The lowest BCUT2D eigenvalue weighted by molar-refractivity contribution is -0.386. The number of ether oxygens (including phenoxy) is 1. The van der Waals surface area contributed by atoms with Gasteiger partial charge in [-0.15, -0.1) is 0 Å². The van der Waals surface area contributed by atoms with Gasteiger partial charge in [0.25, 0.3) is 5.91 Å². The van der Waals surface area contributed by atoms with Crippen LogP contribution < -0.4 is 10.1 Å². The van der Waals surface area contributed by atoms with Crippen molar-refractivity contribution >= 4 is 39.2 Å². The van der Waals surface area contributed by atoms with Gasteiger partial charge in [0, 0.05) is 22.4 Å². The lowest BCUT2D eigenvalue weighted by Crippen LogP contribution is -2.13. The van der Waals surface area contributed by atoms with Crippen molar-refractivity contribution < 1.29 is 18.9 Å². The molecule has 1 N–H and O–H groups in total. The van der Waals surface area contributed by atoms with Crippen molar-refractivity contribution in [3.63, 3.8) is 0 Å². The summed E-state index contributed by atoms with van der Waals surface area (Å²) in [7, 11) is 1.55. The van der Waals surface area contributed by atoms with Crippen LogP contribution in [0.15, 0.2) is 65.1 Å². The zero-order valence-corrected chi connectivity index (χ0v) is 19.4. The SMILES string of the molecule is COc1cc2c(cc1NC(=O)c1cccc(Cn3nc(C)c([N+](=O)[O-])c3C)c1)oc1ccccc12. The van der Waals surface area contributed by atoms with Gasteiger partial charge in [0.05, 0.1) is 24.3 Å². The number of anilines is 1. The maximum Gasteiger partial charge on any atom is 0.312 e. The predicted octanol–water partition coefficient (Wildman–Crippen LogP) is 5.62. The second kappa shape index (κ2) is 8.60. The topological polar surface area (TPSA) is 112 Å². The normalized spacial score (nSPS) is 11.2. The first-order valence-corrected chi connectivity index (χ1v) is 10.9. The molecule has 9 heteroatoms. The van der Waals surface area contributed by atoms with E-state index in [-0.39, 0.29) is 11.6 Å². The van der Waals surface area contributed by atoms with Crippen LogP contribution in [0.2, 0.25) is 0 Å². The number of carbonyl (C=O) groups excluding carboxylic acids is 1. The number of fused-ring (bicyclic) bond motifs is 3. The number of aromatic nitrogens is 2. The molecule has 2 heterocycles. The molecule has 0 aliphatic rings. The monoisotopic (exact) mass is 470 g/mol. The van der Waals surface area contributed by atoms with E-state index in [4.69, 9.17) is 9.15 Å². The highest BCUT2D eigenvalue weighted by Crippen LogP contribution is 2.36. The third kappa shape index (κ3) is 3.97. The Morgan fingerprint density at radius 2 is 1.89 bits per heavy atom. The van der Waals surface area contributed by atoms with Crippen LogP contribution in [0.4, 0.5) is 11.4 Å². The quantitative estimate of drug-likeness (QED) is 0.255. The smallest absolute Gasteiger partial charge is 0.312 e. The molecule has 0 aliphatic carbocycles. The molecule has 5 rings (SSSR count). The van der Waals surface area contributed by atoms with Crippen LogP contribution in [0.3, 0.4) is 0 Å². The van der Waals surface area contributed by atoms with Crippen molar-refractivity contribution in [2.45, 2.75) is 20.4 Å². The van der Waals surface area contributed by atoms with Gasteiger partial charge in [-0.3, -0.25) is 19.6 Å². The lowest BCUT2D eigenvalue weighted by atomic mass is 10.1. The van der Waals surface area contributed by atoms with Gasteiger partial charge in [-0.25, -0.2) is 0 Å². The maximum absolute atomic E-state index is 13.1. The first kappa shape index (κ1) is 22.1. The van der Waals surface area contributed by atoms with Crippen LogP contribution in [0.5, 0.6) is 5.75 Å². The molecular weight excluding hydrogens is 448 g/mol. The molecule has 0 aliphatic heterocycles. The molecule has 1 amide bonds. The summed E-state index contributed by atoms with van der Waals surface area (Å²) in [5.74, 6) is 0.198.